The minimum atomic E-state index is -0.689. The highest BCUT2D eigenvalue weighted by molar-refractivity contribution is 6.13. The predicted octanol–water partition coefficient (Wildman–Crippen LogP) is 8.38. The van der Waals surface area contributed by atoms with Crippen LogP contribution in [0.2, 0.25) is 0 Å². The van der Waals surface area contributed by atoms with Crippen molar-refractivity contribution >= 4 is 38.9 Å². The minimum absolute atomic E-state index is 0.0588. The third-order valence-electron chi connectivity index (χ3n) is 9.18. The summed E-state index contributed by atoms with van der Waals surface area (Å²) in [6.07, 6.45) is 0.185. The summed E-state index contributed by atoms with van der Waals surface area (Å²) in [6, 6.07) is 28.3. The lowest BCUT2D eigenvalue weighted by molar-refractivity contribution is -0.389. The highest BCUT2D eigenvalue weighted by Crippen LogP contribution is 2.45. The molecule has 0 saturated heterocycles. The van der Waals surface area contributed by atoms with Crippen molar-refractivity contribution in [3.8, 4) is 28.7 Å². The SMILES string of the molecule is O=C(OCCCOc1cc([N+](=O)[O-])ccc1[N+](=O)[O-])c1ccc2c(c1)OCc1cc3c(cc1CO2)COc1c(c2ccccc2c2ccccc12)OC3. The van der Waals surface area contributed by atoms with E-state index in [1.807, 2.05) is 30.3 Å². The molecule has 266 valence electrons. The Morgan fingerprint density at radius 3 is 1.75 bits per heavy atom. The minimum Gasteiger partial charge on any atom is -0.487 e. The number of nitrogens with zero attached hydrogens (tertiary/aromatic N) is 2. The summed E-state index contributed by atoms with van der Waals surface area (Å²) in [4.78, 5) is 33.9. The van der Waals surface area contributed by atoms with Gasteiger partial charge in [-0.2, -0.15) is 0 Å². The van der Waals surface area contributed by atoms with Crippen LogP contribution >= 0.6 is 0 Å². The number of hydrogen-bond donors (Lipinski definition) is 0. The maximum absolute atomic E-state index is 12.9. The summed E-state index contributed by atoms with van der Waals surface area (Å²) in [5.74, 6) is 1.43. The fraction of sp³-hybridized carbons (Fsp3) is 0.175. The number of hydrogen-bond acceptors (Lipinski definition) is 11. The van der Waals surface area contributed by atoms with Gasteiger partial charge in [0.1, 0.15) is 26.4 Å². The Hall–Kier alpha value is -6.89. The van der Waals surface area contributed by atoms with Crippen LogP contribution in [0.1, 0.15) is 39.0 Å². The normalized spacial score (nSPS) is 13.1. The molecule has 13 heteroatoms. The third kappa shape index (κ3) is 6.55. The van der Waals surface area contributed by atoms with E-state index in [0.717, 1.165) is 67.7 Å². The predicted molar refractivity (Wildman–Crippen MR) is 192 cm³/mol. The van der Waals surface area contributed by atoms with Crippen LogP contribution < -0.4 is 23.7 Å². The van der Waals surface area contributed by atoms with Gasteiger partial charge in [-0.3, -0.25) is 20.2 Å². The van der Waals surface area contributed by atoms with Crippen LogP contribution in [0.3, 0.4) is 0 Å². The average Bonchev–Trinajstić information content (AvgIpc) is 3.16. The summed E-state index contributed by atoms with van der Waals surface area (Å²) >= 11 is 0. The second kappa shape index (κ2) is 14.0. The molecule has 8 rings (SSSR count). The number of carbonyl (C=O) groups excluding carboxylic acids is 1. The molecule has 6 aromatic rings. The van der Waals surface area contributed by atoms with Crippen molar-refractivity contribution in [1.29, 1.82) is 0 Å². The highest BCUT2D eigenvalue weighted by atomic mass is 16.6. The van der Waals surface area contributed by atoms with Gasteiger partial charge >= 0.3 is 11.7 Å². The van der Waals surface area contributed by atoms with Crippen LogP contribution in [0.15, 0.2) is 97.1 Å². The van der Waals surface area contributed by atoms with Crippen LogP contribution in [0.4, 0.5) is 11.4 Å². The average molecular weight is 715 g/mol. The van der Waals surface area contributed by atoms with Crippen LogP contribution in [0, 0.1) is 20.2 Å². The van der Waals surface area contributed by atoms with E-state index in [9.17, 15) is 25.0 Å². The molecule has 13 nitrogen and oxygen atoms in total. The van der Waals surface area contributed by atoms with E-state index in [1.54, 1.807) is 18.2 Å². The lowest BCUT2D eigenvalue weighted by atomic mass is 9.97. The van der Waals surface area contributed by atoms with Gasteiger partial charge in [-0.1, -0.05) is 48.5 Å². The van der Waals surface area contributed by atoms with E-state index < -0.39 is 21.5 Å². The Bertz CT molecular complexity index is 2450. The first kappa shape index (κ1) is 33.3. The molecule has 0 N–H and O–H groups in total. The van der Waals surface area contributed by atoms with E-state index in [0.29, 0.717) is 30.5 Å². The maximum Gasteiger partial charge on any atom is 0.338 e. The van der Waals surface area contributed by atoms with Crippen molar-refractivity contribution in [2.24, 2.45) is 0 Å². The van der Waals surface area contributed by atoms with Gasteiger partial charge in [-0.05, 0) is 63.4 Å². The van der Waals surface area contributed by atoms with Gasteiger partial charge in [0.05, 0.1) is 34.7 Å². The number of esters is 1. The third-order valence-corrected chi connectivity index (χ3v) is 9.18. The number of non-ortho nitro benzene ring substituents is 1. The Balaban J connectivity index is 0.928. The zero-order valence-electron chi connectivity index (χ0n) is 28.1. The van der Waals surface area contributed by atoms with Crippen molar-refractivity contribution in [3.63, 3.8) is 0 Å². The van der Waals surface area contributed by atoms with Gasteiger partial charge in [-0.25, -0.2) is 4.79 Å². The first-order chi connectivity index (χ1) is 25.8. The molecule has 0 aromatic heterocycles. The van der Waals surface area contributed by atoms with Gasteiger partial charge in [0.2, 0.25) is 5.75 Å². The Kier molecular flexibility index (Phi) is 8.80. The first-order valence-corrected chi connectivity index (χ1v) is 16.8. The molecule has 0 spiro atoms. The van der Waals surface area contributed by atoms with Crippen molar-refractivity contribution in [3.05, 3.63) is 145 Å². The Morgan fingerprint density at radius 2 is 1.17 bits per heavy atom. The van der Waals surface area contributed by atoms with Gasteiger partial charge in [0.15, 0.2) is 23.0 Å². The number of benzene rings is 6. The van der Waals surface area contributed by atoms with Crippen molar-refractivity contribution < 1.29 is 43.1 Å². The number of carbonyl (C=O) groups is 1. The molecule has 0 saturated carbocycles. The topological polar surface area (TPSA) is 159 Å². The Labute approximate surface area is 301 Å². The second-order valence-corrected chi connectivity index (χ2v) is 12.5. The van der Waals surface area contributed by atoms with E-state index in [-0.39, 0.29) is 49.8 Å². The van der Waals surface area contributed by atoms with Crippen LogP contribution in [0.5, 0.6) is 28.7 Å². The molecule has 6 aromatic carbocycles. The molecular weight excluding hydrogens is 684 g/mol. The smallest absolute Gasteiger partial charge is 0.338 e. The van der Waals surface area contributed by atoms with E-state index >= 15 is 0 Å². The summed E-state index contributed by atoms with van der Waals surface area (Å²) in [5, 5.41) is 26.5. The van der Waals surface area contributed by atoms with Crippen LogP contribution in [0.25, 0.3) is 21.5 Å². The highest BCUT2D eigenvalue weighted by Gasteiger charge is 2.24. The summed E-state index contributed by atoms with van der Waals surface area (Å²) in [5.41, 5.74) is 3.32. The second-order valence-electron chi connectivity index (χ2n) is 12.5. The van der Waals surface area contributed by atoms with Gasteiger partial charge in [-0.15, -0.1) is 0 Å². The maximum atomic E-state index is 12.9. The molecule has 0 atom stereocenters. The van der Waals surface area contributed by atoms with Crippen LogP contribution in [-0.2, 0) is 31.2 Å². The molecule has 53 heavy (non-hydrogen) atoms. The van der Waals surface area contributed by atoms with Crippen molar-refractivity contribution in [2.45, 2.75) is 32.8 Å². The number of ether oxygens (including phenoxy) is 6. The van der Waals surface area contributed by atoms with E-state index in [4.69, 9.17) is 28.4 Å². The summed E-state index contributed by atoms with van der Waals surface area (Å²) < 4.78 is 36.1. The first-order valence-electron chi connectivity index (χ1n) is 16.8. The van der Waals surface area contributed by atoms with Gasteiger partial charge in [0, 0.05) is 29.3 Å². The van der Waals surface area contributed by atoms with Crippen molar-refractivity contribution in [2.75, 3.05) is 13.2 Å². The van der Waals surface area contributed by atoms with E-state index in [2.05, 4.69) is 30.3 Å². The quantitative estimate of drug-likeness (QED) is 0.0490. The fourth-order valence-electron chi connectivity index (χ4n) is 6.54. The van der Waals surface area contributed by atoms with Crippen molar-refractivity contribution in [1.82, 2.24) is 0 Å². The van der Waals surface area contributed by atoms with E-state index in [1.165, 1.54) is 0 Å². The lowest BCUT2D eigenvalue weighted by Gasteiger charge is -2.25. The Morgan fingerprint density at radius 1 is 0.604 bits per heavy atom. The summed E-state index contributed by atoms with van der Waals surface area (Å²) in [7, 11) is 0. The molecule has 0 amide bonds. The largest absolute Gasteiger partial charge is 0.487 e. The molecule has 0 aliphatic carbocycles. The fourth-order valence-corrected chi connectivity index (χ4v) is 6.54. The molecule has 0 radical (unpaired) electrons. The number of fused-ring (bicyclic) bond motifs is 9. The zero-order valence-corrected chi connectivity index (χ0v) is 28.1. The molecule has 0 fully saturated rings. The molecular formula is C40H30N2O11. The molecule has 2 aliphatic heterocycles. The monoisotopic (exact) mass is 714 g/mol. The number of nitro benzene ring substituents is 2. The zero-order chi connectivity index (χ0) is 36.5. The molecule has 0 bridgehead atoms. The standard InChI is InChI=1S/C40H30N2O11/c43-40(49-15-5-14-48-36-19-29(41(44)45)11-12-34(36)42(46)47)24-10-13-35-37(18-24)51-21-26-17-28-23-53-39-33-9-4-2-7-31(33)30-6-1-3-8-32(30)38(39)52-22-27(28)16-25(26)20-50-35/h1-4,6-13,16-19H,5,14-15,20-23H2. The molecule has 2 heterocycles. The summed E-state index contributed by atoms with van der Waals surface area (Å²) in [6.45, 7) is 1.06. The van der Waals surface area contributed by atoms with Gasteiger partial charge in [0.25, 0.3) is 5.69 Å². The van der Waals surface area contributed by atoms with Gasteiger partial charge < -0.3 is 28.4 Å². The molecule has 2 aliphatic rings. The van der Waals surface area contributed by atoms with Crippen LogP contribution in [-0.4, -0.2) is 29.0 Å². The molecule has 0 unspecified atom stereocenters. The number of rotatable bonds is 8. The lowest BCUT2D eigenvalue weighted by Crippen LogP contribution is -2.15. The number of nitro groups is 2.